The van der Waals surface area contributed by atoms with Crippen LogP contribution in [0.1, 0.15) is 34.7 Å². The minimum Gasteiger partial charge on any atom is -0.507 e. The molecule has 1 unspecified atom stereocenters. The molecule has 0 aliphatic carbocycles. The van der Waals surface area contributed by atoms with Crippen molar-refractivity contribution in [1.82, 2.24) is 4.98 Å². The normalized spacial score (nSPS) is 17.3. The third-order valence-corrected chi connectivity index (χ3v) is 6.70. The number of hydrogen-bond donors (Lipinski definition) is 2. The fourth-order valence-electron chi connectivity index (χ4n) is 3.78. The van der Waals surface area contributed by atoms with Gasteiger partial charge in [-0.1, -0.05) is 6.07 Å². The van der Waals surface area contributed by atoms with E-state index in [4.69, 9.17) is 9.47 Å². The molecule has 1 amide bonds. The molecule has 3 aromatic rings. The number of hydrogen-bond acceptors (Lipinski definition) is 8. The van der Waals surface area contributed by atoms with E-state index in [0.29, 0.717) is 28.6 Å². The van der Waals surface area contributed by atoms with Crippen molar-refractivity contribution in [1.29, 1.82) is 0 Å². The lowest BCUT2D eigenvalue weighted by molar-refractivity contribution is -0.132. The molecule has 0 radical (unpaired) electrons. The van der Waals surface area contributed by atoms with E-state index in [9.17, 15) is 19.8 Å². The molecule has 34 heavy (non-hydrogen) atoms. The lowest BCUT2D eigenvalue weighted by Crippen LogP contribution is -2.29. The first kappa shape index (κ1) is 23.3. The Balaban J connectivity index is 1.94. The SMILES string of the molecule is CCOc1cc(C2/C(=C(\O)c3ccc(OC)cc3)C(=O)C(=O)N2c2nc(C)c(C)s2)ccc1O. The molecule has 0 spiro atoms. The van der Waals surface area contributed by atoms with Gasteiger partial charge in [-0.15, -0.1) is 11.3 Å². The predicted octanol–water partition coefficient (Wildman–Crippen LogP) is 4.50. The zero-order chi connectivity index (χ0) is 24.6. The molecule has 8 nitrogen and oxygen atoms in total. The highest BCUT2D eigenvalue weighted by atomic mass is 32.1. The summed E-state index contributed by atoms with van der Waals surface area (Å²) in [6, 6.07) is 10.2. The molecule has 176 valence electrons. The van der Waals surface area contributed by atoms with E-state index in [1.165, 1.54) is 29.4 Å². The zero-order valence-corrected chi connectivity index (χ0v) is 20.0. The number of thiazole rings is 1. The van der Waals surface area contributed by atoms with Gasteiger partial charge in [0.15, 0.2) is 16.6 Å². The summed E-state index contributed by atoms with van der Waals surface area (Å²) in [6.07, 6.45) is 0. The molecule has 2 aromatic carbocycles. The van der Waals surface area contributed by atoms with Crippen molar-refractivity contribution in [3.8, 4) is 17.2 Å². The first-order chi connectivity index (χ1) is 16.3. The van der Waals surface area contributed by atoms with Crippen LogP contribution in [0.2, 0.25) is 0 Å². The van der Waals surface area contributed by atoms with Crippen LogP contribution in [-0.2, 0) is 9.59 Å². The number of amides is 1. The Kier molecular flexibility index (Phi) is 6.30. The van der Waals surface area contributed by atoms with E-state index in [2.05, 4.69) is 4.98 Å². The van der Waals surface area contributed by atoms with Gasteiger partial charge in [-0.2, -0.15) is 0 Å². The summed E-state index contributed by atoms with van der Waals surface area (Å²) in [7, 11) is 1.53. The van der Waals surface area contributed by atoms with Crippen molar-refractivity contribution in [3.63, 3.8) is 0 Å². The summed E-state index contributed by atoms with van der Waals surface area (Å²) in [6.45, 7) is 5.80. The number of phenols is 1. The van der Waals surface area contributed by atoms with E-state index in [-0.39, 0.29) is 22.8 Å². The average Bonchev–Trinajstić information content (AvgIpc) is 3.30. The average molecular weight is 481 g/mol. The second kappa shape index (κ2) is 9.18. The first-order valence-corrected chi connectivity index (χ1v) is 11.4. The number of anilines is 1. The summed E-state index contributed by atoms with van der Waals surface area (Å²) in [4.78, 5) is 33.2. The zero-order valence-electron chi connectivity index (χ0n) is 19.2. The van der Waals surface area contributed by atoms with Crippen molar-refractivity contribution in [3.05, 3.63) is 69.7 Å². The van der Waals surface area contributed by atoms with Gasteiger partial charge in [0.25, 0.3) is 5.78 Å². The number of ketones is 1. The number of rotatable bonds is 6. The number of ether oxygens (including phenoxy) is 2. The summed E-state index contributed by atoms with van der Waals surface area (Å²) in [5.74, 6) is -1.21. The maximum atomic E-state index is 13.2. The van der Waals surface area contributed by atoms with Crippen LogP contribution in [0.25, 0.3) is 5.76 Å². The maximum absolute atomic E-state index is 13.2. The molecule has 2 N–H and O–H groups in total. The van der Waals surface area contributed by atoms with Crippen molar-refractivity contribution in [2.75, 3.05) is 18.6 Å². The summed E-state index contributed by atoms with van der Waals surface area (Å²) < 4.78 is 10.7. The summed E-state index contributed by atoms with van der Waals surface area (Å²) in [5.41, 5.74) is 1.52. The van der Waals surface area contributed by atoms with Crippen LogP contribution >= 0.6 is 11.3 Å². The van der Waals surface area contributed by atoms with Gasteiger partial charge in [-0.05, 0) is 62.7 Å². The van der Waals surface area contributed by atoms with Crippen molar-refractivity contribution < 1.29 is 29.3 Å². The lowest BCUT2D eigenvalue weighted by atomic mass is 9.95. The highest BCUT2D eigenvalue weighted by molar-refractivity contribution is 7.16. The fourth-order valence-corrected chi connectivity index (χ4v) is 4.72. The Hall–Kier alpha value is -3.85. The van der Waals surface area contributed by atoms with Gasteiger partial charge in [0.2, 0.25) is 0 Å². The third kappa shape index (κ3) is 3.99. The number of nitrogens with zero attached hydrogens (tertiary/aromatic N) is 2. The number of aliphatic hydroxyl groups is 1. The van der Waals surface area contributed by atoms with Gasteiger partial charge in [0.05, 0.1) is 31.0 Å². The minimum atomic E-state index is -0.966. The number of aromatic hydroxyl groups is 1. The predicted molar refractivity (Wildman–Crippen MR) is 129 cm³/mol. The highest BCUT2D eigenvalue weighted by Gasteiger charge is 2.48. The number of Topliss-reactive ketones (excluding diaryl/α,β-unsaturated/α-hetero) is 1. The Morgan fingerprint density at radius 1 is 1.15 bits per heavy atom. The molecule has 1 aromatic heterocycles. The number of carbonyl (C=O) groups excluding carboxylic acids is 2. The molecule has 1 aliphatic rings. The number of carbonyl (C=O) groups is 2. The largest absolute Gasteiger partial charge is 0.507 e. The van der Waals surface area contributed by atoms with E-state index >= 15 is 0 Å². The summed E-state index contributed by atoms with van der Waals surface area (Å²) >= 11 is 1.29. The monoisotopic (exact) mass is 480 g/mol. The van der Waals surface area contributed by atoms with Crippen molar-refractivity contribution in [2.45, 2.75) is 26.8 Å². The molecule has 1 saturated heterocycles. The van der Waals surface area contributed by atoms with Gasteiger partial charge < -0.3 is 19.7 Å². The Bertz CT molecular complexity index is 1280. The van der Waals surface area contributed by atoms with Crippen LogP contribution in [0.4, 0.5) is 5.13 Å². The number of aromatic nitrogens is 1. The van der Waals surface area contributed by atoms with Crippen molar-refractivity contribution in [2.24, 2.45) is 0 Å². The van der Waals surface area contributed by atoms with E-state index in [1.54, 1.807) is 43.3 Å². The second-order valence-electron chi connectivity index (χ2n) is 7.70. The van der Waals surface area contributed by atoms with Gasteiger partial charge in [-0.3, -0.25) is 14.5 Å². The van der Waals surface area contributed by atoms with E-state index in [1.807, 2.05) is 13.8 Å². The molecule has 1 aliphatic heterocycles. The van der Waals surface area contributed by atoms with Gasteiger partial charge in [-0.25, -0.2) is 4.98 Å². The maximum Gasteiger partial charge on any atom is 0.301 e. The van der Waals surface area contributed by atoms with Crippen LogP contribution in [-0.4, -0.2) is 40.6 Å². The topological polar surface area (TPSA) is 109 Å². The Morgan fingerprint density at radius 3 is 2.44 bits per heavy atom. The molecule has 1 atom stereocenters. The van der Waals surface area contributed by atoms with Crippen LogP contribution < -0.4 is 14.4 Å². The lowest BCUT2D eigenvalue weighted by Gasteiger charge is -2.23. The van der Waals surface area contributed by atoms with Crippen LogP contribution in [0.15, 0.2) is 48.0 Å². The molecule has 9 heteroatoms. The smallest absolute Gasteiger partial charge is 0.301 e. The molecule has 2 heterocycles. The standard InChI is InChI=1S/C25H24N2O6S/c1-5-33-19-12-16(8-11-18(19)28)21-20(22(29)15-6-9-17(32-4)10-7-15)23(30)24(31)27(21)25-26-13(2)14(3)34-25/h6-12,21,28-29H,5H2,1-4H3/b22-20+. The Labute approximate surface area is 200 Å². The van der Waals surface area contributed by atoms with E-state index in [0.717, 1.165) is 10.6 Å². The molecular formula is C25H24N2O6S. The van der Waals surface area contributed by atoms with E-state index < -0.39 is 17.7 Å². The number of phenolic OH excluding ortho intramolecular Hbond substituents is 1. The Morgan fingerprint density at radius 2 is 1.85 bits per heavy atom. The van der Waals surface area contributed by atoms with Gasteiger partial charge in [0, 0.05) is 10.4 Å². The third-order valence-electron chi connectivity index (χ3n) is 5.63. The quantitative estimate of drug-likeness (QED) is 0.304. The van der Waals surface area contributed by atoms with Gasteiger partial charge >= 0.3 is 5.91 Å². The molecule has 0 saturated carbocycles. The fraction of sp³-hybridized carbons (Fsp3) is 0.240. The number of aryl methyl sites for hydroxylation is 2. The van der Waals surface area contributed by atoms with Gasteiger partial charge in [0.1, 0.15) is 11.5 Å². The molecular weight excluding hydrogens is 456 g/mol. The van der Waals surface area contributed by atoms with Crippen LogP contribution in [0, 0.1) is 13.8 Å². The number of aliphatic hydroxyl groups excluding tert-OH is 1. The summed E-state index contributed by atoms with van der Waals surface area (Å²) in [5, 5.41) is 21.7. The molecule has 4 rings (SSSR count). The second-order valence-corrected chi connectivity index (χ2v) is 8.88. The first-order valence-electron chi connectivity index (χ1n) is 10.6. The molecule has 1 fully saturated rings. The number of benzene rings is 2. The minimum absolute atomic E-state index is 0.0707. The van der Waals surface area contributed by atoms with Crippen LogP contribution in [0.5, 0.6) is 17.2 Å². The number of methoxy groups -OCH3 is 1. The van der Waals surface area contributed by atoms with Crippen molar-refractivity contribution >= 4 is 33.9 Å². The molecule has 0 bridgehead atoms. The van der Waals surface area contributed by atoms with Crippen LogP contribution in [0.3, 0.4) is 0 Å². The highest BCUT2D eigenvalue weighted by Crippen LogP contribution is 2.45.